The van der Waals surface area contributed by atoms with Crippen LogP contribution in [0.25, 0.3) is 0 Å². The molecule has 154 valence electrons. The lowest BCUT2D eigenvalue weighted by Crippen LogP contribution is -2.50. The van der Waals surface area contributed by atoms with E-state index in [2.05, 4.69) is 0 Å². The molecule has 1 amide bonds. The molecular weight excluding hydrogens is 435 g/mol. The Balaban J connectivity index is 1.55. The number of piperidine rings is 1. The Kier molecular flexibility index (Phi) is 5.50. The van der Waals surface area contributed by atoms with Crippen LogP contribution >= 0.6 is 23.2 Å². The van der Waals surface area contributed by atoms with Crippen molar-refractivity contribution in [3.63, 3.8) is 0 Å². The molecule has 0 aliphatic carbocycles. The van der Waals surface area contributed by atoms with Gasteiger partial charge in [0.2, 0.25) is 10.0 Å². The Morgan fingerprint density at radius 3 is 2.41 bits per heavy atom. The number of cyclic esters (lactones) is 1. The van der Waals surface area contributed by atoms with Crippen molar-refractivity contribution in [1.82, 2.24) is 4.31 Å². The summed E-state index contributed by atoms with van der Waals surface area (Å²) in [5.74, 6) is 0. The van der Waals surface area contributed by atoms with Gasteiger partial charge < -0.3 is 4.74 Å². The van der Waals surface area contributed by atoms with Crippen molar-refractivity contribution in [3.8, 4) is 0 Å². The molecule has 2 heterocycles. The van der Waals surface area contributed by atoms with E-state index in [4.69, 9.17) is 27.9 Å². The van der Waals surface area contributed by atoms with Gasteiger partial charge in [0.15, 0.2) is 0 Å². The monoisotopic (exact) mass is 454 g/mol. The molecule has 2 aromatic rings. The summed E-state index contributed by atoms with van der Waals surface area (Å²) in [6.45, 7) is 2.45. The summed E-state index contributed by atoms with van der Waals surface area (Å²) in [4.78, 5) is 14.3. The molecule has 4 rings (SSSR count). The molecule has 0 bridgehead atoms. The van der Waals surface area contributed by atoms with E-state index < -0.39 is 16.1 Å². The minimum atomic E-state index is -3.66. The van der Waals surface area contributed by atoms with E-state index in [0.717, 1.165) is 11.3 Å². The highest BCUT2D eigenvalue weighted by molar-refractivity contribution is 7.89. The lowest BCUT2D eigenvalue weighted by atomic mass is 10.0. The first-order chi connectivity index (χ1) is 13.8. The van der Waals surface area contributed by atoms with E-state index in [9.17, 15) is 13.2 Å². The number of halogens is 2. The number of carbonyl (C=O) groups excluding carboxylic acids is 1. The molecule has 0 aromatic heterocycles. The van der Waals surface area contributed by atoms with Crippen LogP contribution in [0.4, 0.5) is 10.5 Å². The van der Waals surface area contributed by atoms with E-state index in [1.165, 1.54) is 4.31 Å². The maximum atomic E-state index is 13.1. The maximum Gasteiger partial charge on any atom is 0.414 e. The van der Waals surface area contributed by atoms with Crippen LogP contribution < -0.4 is 4.90 Å². The third-order valence-electron chi connectivity index (χ3n) is 5.51. The van der Waals surface area contributed by atoms with Crippen molar-refractivity contribution in [1.29, 1.82) is 0 Å². The molecule has 29 heavy (non-hydrogen) atoms. The number of anilines is 1. The fraction of sp³-hybridized carbons (Fsp3) is 0.350. The van der Waals surface area contributed by atoms with Crippen LogP contribution in [0, 0.1) is 6.92 Å². The first kappa shape index (κ1) is 20.5. The highest BCUT2D eigenvalue weighted by atomic mass is 35.5. The number of sulfonamides is 1. The molecule has 9 heteroatoms. The molecule has 2 aromatic carbocycles. The summed E-state index contributed by atoms with van der Waals surface area (Å²) in [6.07, 6.45) is 0.575. The van der Waals surface area contributed by atoms with Crippen LogP contribution in [0.15, 0.2) is 41.3 Å². The van der Waals surface area contributed by atoms with E-state index >= 15 is 0 Å². The summed E-state index contributed by atoms with van der Waals surface area (Å²) in [5, 5.41) is 0.974. The first-order valence-corrected chi connectivity index (χ1v) is 11.5. The normalized spacial score (nSPS) is 18.4. The summed E-state index contributed by atoms with van der Waals surface area (Å²) in [7, 11) is -3.66. The second kappa shape index (κ2) is 7.80. The average molecular weight is 455 g/mol. The topological polar surface area (TPSA) is 66.9 Å². The highest BCUT2D eigenvalue weighted by Gasteiger charge is 2.38. The van der Waals surface area contributed by atoms with Crippen LogP contribution in [0.1, 0.15) is 24.0 Å². The second-order valence-corrected chi connectivity index (χ2v) is 9.88. The van der Waals surface area contributed by atoms with E-state index in [-0.39, 0.29) is 17.5 Å². The summed E-state index contributed by atoms with van der Waals surface area (Å²) < 4.78 is 32.9. The molecule has 0 radical (unpaired) electrons. The largest absolute Gasteiger partial charge is 0.444 e. The minimum Gasteiger partial charge on any atom is -0.444 e. The van der Waals surface area contributed by atoms with Gasteiger partial charge in [0.1, 0.15) is 6.61 Å². The summed E-state index contributed by atoms with van der Waals surface area (Å²) in [5.41, 5.74) is 2.05. The predicted octanol–water partition coefficient (Wildman–Crippen LogP) is 4.61. The molecule has 0 saturated carbocycles. The van der Waals surface area contributed by atoms with Crippen molar-refractivity contribution in [2.45, 2.75) is 37.3 Å². The van der Waals surface area contributed by atoms with Gasteiger partial charge in [0.25, 0.3) is 0 Å². The Bertz CT molecular complexity index is 1070. The quantitative estimate of drug-likeness (QED) is 0.678. The van der Waals surface area contributed by atoms with Crippen LogP contribution in [0.2, 0.25) is 10.0 Å². The fourth-order valence-corrected chi connectivity index (χ4v) is 6.08. The molecule has 1 fully saturated rings. The second-order valence-electron chi connectivity index (χ2n) is 7.16. The average Bonchev–Trinajstić information content (AvgIpc) is 2.70. The number of benzene rings is 2. The van der Waals surface area contributed by atoms with Crippen molar-refractivity contribution in [2.75, 3.05) is 18.0 Å². The fourth-order valence-electron chi connectivity index (χ4n) is 3.91. The van der Waals surface area contributed by atoms with Crippen LogP contribution in [-0.2, 0) is 21.4 Å². The zero-order chi connectivity index (χ0) is 20.8. The summed E-state index contributed by atoms with van der Waals surface area (Å²) >= 11 is 12.4. The lowest BCUT2D eigenvalue weighted by molar-refractivity contribution is 0.136. The van der Waals surface area contributed by atoms with E-state index in [1.54, 1.807) is 42.2 Å². The number of ether oxygens (including phenoxy) is 1. The van der Waals surface area contributed by atoms with Gasteiger partial charge in [0.05, 0.1) is 10.6 Å². The van der Waals surface area contributed by atoms with Gasteiger partial charge in [-0.15, -0.1) is 0 Å². The van der Waals surface area contributed by atoms with Gasteiger partial charge in [-0.3, -0.25) is 4.90 Å². The smallest absolute Gasteiger partial charge is 0.414 e. The van der Waals surface area contributed by atoms with Gasteiger partial charge in [-0.25, -0.2) is 13.2 Å². The SMILES string of the molecule is Cc1c(Cl)cccc1S(=O)(=O)N1CCC(N2C(=O)OCc3c(Cl)cccc32)CC1. The molecule has 1 saturated heterocycles. The zero-order valence-electron chi connectivity index (χ0n) is 15.8. The predicted molar refractivity (Wildman–Crippen MR) is 112 cm³/mol. The molecule has 2 aliphatic heterocycles. The Morgan fingerprint density at radius 2 is 1.69 bits per heavy atom. The van der Waals surface area contributed by atoms with Gasteiger partial charge in [-0.05, 0) is 49.6 Å². The molecule has 6 nitrogen and oxygen atoms in total. The number of hydrogen-bond donors (Lipinski definition) is 0. The van der Waals surface area contributed by atoms with Crippen molar-refractivity contribution >= 4 is 45.0 Å². The Morgan fingerprint density at radius 1 is 1.03 bits per heavy atom. The third-order valence-corrected chi connectivity index (χ3v) is 8.32. The van der Waals surface area contributed by atoms with Crippen molar-refractivity contribution in [3.05, 3.63) is 57.6 Å². The maximum absolute atomic E-state index is 13.1. The number of nitrogens with zero attached hydrogens (tertiary/aromatic N) is 2. The molecular formula is C20H20Cl2N2O4S. The molecule has 2 aliphatic rings. The number of amides is 1. The van der Waals surface area contributed by atoms with Gasteiger partial charge in [-0.1, -0.05) is 35.3 Å². The highest BCUT2D eigenvalue weighted by Crippen LogP contribution is 2.36. The third kappa shape index (κ3) is 3.61. The molecule has 0 unspecified atom stereocenters. The number of hydrogen-bond acceptors (Lipinski definition) is 4. The van der Waals surface area contributed by atoms with E-state index in [1.807, 2.05) is 6.07 Å². The Labute approximate surface area is 180 Å². The standard InChI is InChI=1S/C20H20Cl2N2O4S/c1-13-16(21)4-3-7-19(13)29(26,27)23-10-8-14(9-11-23)24-18-6-2-5-17(22)15(18)12-28-20(24)25/h2-7,14H,8-12H2,1H3. The van der Waals surface area contributed by atoms with Crippen molar-refractivity contribution < 1.29 is 17.9 Å². The Hall–Kier alpha value is -1.80. The minimum absolute atomic E-state index is 0.144. The molecule has 0 N–H and O–H groups in total. The molecule has 0 atom stereocenters. The summed E-state index contributed by atoms with van der Waals surface area (Å²) in [6, 6.07) is 10.1. The number of fused-ring (bicyclic) bond motifs is 1. The van der Waals surface area contributed by atoms with E-state index in [0.29, 0.717) is 41.5 Å². The number of rotatable bonds is 3. The first-order valence-electron chi connectivity index (χ1n) is 9.29. The van der Waals surface area contributed by atoms with Crippen LogP contribution in [0.3, 0.4) is 0 Å². The van der Waals surface area contributed by atoms with Crippen LogP contribution in [-0.4, -0.2) is 37.9 Å². The molecule has 0 spiro atoms. The van der Waals surface area contributed by atoms with Crippen LogP contribution in [0.5, 0.6) is 0 Å². The number of carbonyl (C=O) groups is 1. The zero-order valence-corrected chi connectivity index (χ0v) is 18.1. The lowest BCUT2D eigenvalue weighted by Gasteiger charge is -2.40. The van der Waals surface area contributed by atoms with Crippen molar-refractivity contribution in [2.24, 2.45) is 0 Å². The van der Waals surface area contributed by atoms with Gasteiger partial charge >= 0.3 is 6.09 Å². The van der Waals surface area contributed by atoms with Gasteiger partial charge in [-0.2, -0.15) is 4.31 Å². The van der Waals surface area contributed by atoms with Gasteiger partial charge in [0, 0.05) is 34.7 Å².